The van der Waals surface area contributed by atoms with Gasteiger partial charge < -0.3 is 11.1 Å². The van der Waals surface area contributed by atoms with Crippen molar-refractivity contribution in [3.63, 3.8) is 0 Å². The maximum absolute atomic E-state index is 12.6. The number of benzene rings is 1. The highest BCUT2D eigenvalue weighted by molar-refractivity contribution is 5.25. The largest absolute Gasteiger partial charge is 0.416 e. The van der Waals surface area contributed by atoms with Gasteiger partial charge in [-0.3, -0.25) is 0 Å². The minimum Gasteiger partial charge on any atom is -0.329 e. The number of nitrogens with one attached hydrogen (secondary N) is 1. The van der Waals surface area contributed by atoms with Crippen LogP contribution in [0.4, 0.5) is 13.2 Å². The molecule has 1 rings (SSSR count). The molecule has 1 unspecified atom stereocenters. The molecule has 0 amide bonds. The first kappa shape index (κ1) is 16.0. The van der Waals surface area contributed by atoms with E-state index in [2.05, 4.69) is 5.32 Å². The highest BCUT2D eigenvalue weighted by atomic mass is 19.4. The molecule has 1 aromatic carbocycles. The zero-order valence-electron chi connectivity index (χ0n) is 11.5. The summed E-state index contributed by atoms with van der Waals surface area (Å²) in [5.74, 6) is 0.295. The second-order valence-electron chi connectivity index (χ2n) is 5.33. The maximum atomic E-state index is 12.6. The van der Waals surface area contributed by atoms with Crippen LogP contribution in [0.25, 0.3) is 0 Å². The summed E-state index contributed by atoms with van der Waals surface area (Å²) in [6, 6.07) is 5.35. The van der Waals surface area contributed by atoms with E-state index in [4.69, 9.17) is 5.73 Å². The fourth-order valence-electron chi connectivity index (χ4n) is 1.67. The van der Waals surface area contributed by atoms with E-state index in [1.165, 1.54) is 12.1 Å². The van der Waals surface area contributed by atoms with Crippen LogP contribution in [0.15, 0.2) is 24.3 Å². The second kappa shape index (κ2) is 5.92. The van der Waals surface area contributed by atoms with E-state index in [-0.39, 0.29) is 5.54 Å². The summed E-state index contributed by atoms with van der Waals surface area (Å²) in [7, 11) is 0. The normalized spacial score (nSPS) is 15.6. The number of halogens is 3. The van der Waals surface area contributed by atoms with Crippen molar-refractivity contribution in [2.45, 2.75) is 39.0 Å². The van der Waals surface area contributed by atoms with Crippen molar-refractivity contribution >= 4 is 0 Å². The van der Waals surface area contributed by atoms with Gasteiger partial charge in [0.1, 0.15) is 0 Å². The second-order valence-corrected chi connectivity index (χ2v) is 5.33. The highest BCUT2D eigenvalue weighted by Crippen LogP contribution is 2.29. The van der Waals surface area contributed by atoms with Crippen molar-refractivity contribution in [3.8, 4) is 0 Å². The third kappa shape index (κ3) is 4.21. The van der Waals surface area contributed by atoms with Gasteiger partial charge in [-0.15, -0.1) is 0 Å². The van der Waals surface area contributed by atoms with Crippen molar-refractivity contribution in [3.05, 3.63) is 35.4 Å². The van der Waals surface area contributed by atoms with Crippen LogP contribution in [0.3, 0.4) is 0 Å². The van der Waals surface area contributed by atoms with E-state index in [1.54, 1.807) is 6.07 Å². The monoisotopic (exact) mass is 274 g/mol. The molecular weight excluding hydrogens is 253 g/mol. The summed E-state index contributed by atoms with van der Waals surface area (Å²) in [5, 5.41) is 3.25. The molecule has 0 aliphatic carbocycles. The Kier molecular flexibility index (Phi) is 4.98. The van der Waals surface area contributed by atoms with Crippen LogP contribution in [-0.2, 0) is 12.7 Å². The van der Waals surface area contributed by atoms with Crippen LogP contribution >= 0.6 is 0 Å². The first-order valence-electron chi connectivity index (χ1n) is 6.30. The van der Waals surface area contributed by atoms with Gasteiger partial charge in [0.2, 0.25) is 0 Å². The lowest BCUT2D eigenvalue weighted by Gasteiger charge is -2.34. The van der Waals surface area contributed by atoms with Crippen LogP contribution in [0.1, 0.15) is 31.9 Å². The Hall–Kier alpha value is -1.07. The molecule has 19 heavy (non-hydrogen) atoms. The smallest absolute Gasteiger partial charge is 0.329 e. The zero-order valence-corrected chi connectivity index (χ0v) is 11.5. The third-order valence-electron chi connectivity index (χ3n) is 3.65. The van der Waals surface area contributed by atoms with Crippen molar-refractivity contribution < 1.29 is 13.2 Å². The van der Waals surface area contributed by atoms with Gasteiger partial charge in [-0.1, -0.05) is 32.0 Å². The first-order valence-corrected chi connectivity index (χ1v) is 6.30. The van der Waals surface area contributed by atoms with Crippen molar-refractivity contribution in [1.82, 2.24) is 5.32 Å². The van der Waals surface area contributed by atoms with Gasteiger partial charge in [0.05, 0.1) is 5.56 Å². The van der Waals surface area contributed by atoms with Crippen molar-refractivity contribution in [2.24, 2.45) is 11.7 Å². The third-order valence-corrected chi connectivity index (χ3v) is 3.65. The Morgan fingerprint density at radius 2 is 1.89 bits per heavy atom. The van der Waals surface area contributed by atoms with E-state index in [0.29, 0.717) is 24.6 Å². The van der Waals surface area contributed by atoms with Crippen LogP contribution in [0.2, 0.25) is 0 Å². The number of nitrogens with two attached hydrogens (primary N) is 1. The minimum absolute atomic E-state index is 0.283. The van der Waals surface area contributed by atoms with Gasteiger partial charge in [0.25, 0.3) is 0 Å². The van der Waals surface area contributed by atoms with Gasteiger partial charge in [-0.2, -0.15) is 13.2 Å². The lowest BCUT2D eigenvalue weighted by Crippen LogP contribution is -2.52. The van der Waals surface area contributed by atoms with Crippen molar-refractivity contribution in [1.29, 1.82) is 0 Å². The summed E-state index contributed by atoms with van der Waals surface area (Å²) in [6.07, 6.45) is -4.30. The van der Waals surface area contributed by atoms with E-state index in [0.717, 1.165) is 6.07 Å². The minimum atomic E-state index is -4.30. The molecule has 0 saturated carbocycles. The quantitative estimate of drug-likeness (QED) is 0.865. The van der Waals surface area contributed by atoms with Crippen LogP contribution < -0.4 is 11.1 Å². The van der Waals surface area contributed by atoms with Gasteiger partial charge in [0, 0.05) is 18.6 Å². The summed E-state index contributed by atoms with van der Waals surface area (Å²) >= 11 is 0. The molecule has 0 aliphatic rings. The molecule has 0 aromatic heterocycles. The standard InChI is InChI=1S/C14H21F3N2/c1-10(2)13(3,9-18)19-8-11-5-4-6-12(7-11)14(15,16)17/h4-7,10,19H,8-9,18H2,1-3H3. The average Bonchev–Trinajstić information content (AvgIpc) is 2.35. The van der Waals surface area contributed by atoms with Gasteiger partial charge >= 0.3 is 6.18 Å². The van der Waals surface area contributed by atoms with Crippen LogP contribution in [-0.4, -0.2) is 12.1 Å². The Morgan fingerprint density at radius 3 is 2.37 bits per heavy atom. The lowest BCUT2D eigenvalue weighted by atomic mass is 9.88. The number of rotatable bonds is 5. The molecule has 0 heterocycles. The molecule has 0 radical (unpaired) electrons. The van der Waals surface area contributed by atoms with Gasteiger partial charge in [-0.25, -0.2) is 0 Å². The Morgan fingerprint density at radius 1 is 1.26 bits per heavy atom. The molecule has 0 fully saturated rings. The summed E-state index contributed by atoms with van der Waals surface area (Å²) < 4.78 is 37.8. The Labute approximate surface area is 112 Å². The first-order chi connectivity index (χ1) is 8.69. The molecular formula is C14H21F3N2. The summed E-state index contributed by atoms with van der Waals surface area (Å²) in [6.45, 7) is 6.85. The maximum Gasteiger partial charge on any atom is 0.416 e. The SMILES string of the molecule is CC(C)C(C)(CN)NCc1cccc(C(F)(F)F)c1. The fraction of sp³-hybridized carbons (Fsp3) is 0.571. The van der Waals surface area contributed by atoms with Gasteiger partial charge in [0.15, 0.2) is 0 Å². The molecule has 0 saturated heterocycles. The van der Waals surface area contributed by atoms with Gasteiger partial charge in [-0.05, 0) is 24.5 Å². The summed E-state index contributed by atoms with van der Waals surface area (Å²) in [4.78, 5) is 0. The predicted octanol–water partition coefficient (Wildman–Crippen LogP) is 3.17. The van der Waals surface area contributed by atoms with Crippen molar-refractivity contribution in [2.75, 3.05) is 6.54 Å². The zero-order chi connectivity index (χ0) is 14.7. The molecule has 2 nitrogen and oxygen atoms in total. The molecule has 3 N–H and O–H groups in total. The number of hydrogen-bond acceptors (Lipinski definition) is 2. The molecule has 1 atom stereocenters. The lowest BCUT2D eigenvalue weighted by molar-refractivity contribution is -0.137. The Balaban J connectivity index is 2.79. The predicted molar refractivity (Wildman–Crippen MR) is 70.6 cm³/mol. The van der Waals surface area contributed by atoms with Crippen LogP contribution in [0.5, 0.6) is 0 Å². The van der Waals surface area contributed by atoms with E-state index >= 15 is 0 Å². The Bertz CT molecular complexity index is 415. The van der Waals surface area contributed by atoms with Crippen LogP contribution in [0, 0.1) is 5.92 Å². The number of alkyl halides is 3. The van der Waals surface area contributed by atoms with E-state index < -0.39 is 11.7 Å². The van der Waals surface area contributed by atoms with E-state index in [9.17, 15) is 13.2 Å². The molecule has 0 bridgehead atoms. The molecule has 0 spiro atoms. The molecule has 5 heteroatoms. The topological polar surface area (TPSA) is 38.0 Å². The molecule has 1 aromatic rings. The average molecular weight is 274 g/mol. The summed E-state index contributed by atoms with van der Waals surface area (Å²) in [5.41, 5.74) is 5.43. The molecule has 0 aliphatic heterocycles. The molecule has 108 valence electrons. The fourth-order valence-corrected chi connectivity index (χ4v) is 1.67. The highest BCUT2D eigenvalue weighted by Gasteiger charge is 2.30. The number of hydrogen-bond donors (Lipinski definition) is 2. The van der Waals surface area contributed by atoms with E-state index in [1.807, 2.05) is 20.8 Å².